The number of aromatic nitrogens is 4. The van der Waals surface area contributed by atoms with Gasteiger partial charge in [0.15, 0.2) is 11.6 Å². The van der Waals surface area contributed by atoms with E-state index in [1.807, 2.05) is 47.7 Å². The minimum Gasteiger partial charge on any atom is -0.277 e. The van der Waals surface area contributed by atoms with Crippen molar-refractivity contribution in [3.8, 4) is 39.9 Å². The van der Waals surface area contributed by atoms with Crippen molar-refractivity contribution < 1.29 is 0 Å². The average molecular weight is 581 g/mol. The summed E-state index contributed by atoms with van der Waals surface area (Å²) < 4.78 is 4.77. The van der Waals surface area contributed by atoms with Crippen molar-refractivity contribution in [2.24, 2.45) is 0 Å². The molecule has 0 saturated heterocycles. The van der Waals surface area contributed by atoms with Crippen LogP contribution in [0.15, 0.2) is 146 Å². The maximum Gasteiger partial charge on any atom is 0.238 e. The normalized spacial score (nSPS) is 11.6. The van der Waals surface area contributed by atoms with Crippen molar-refractivity contribution >= 4 is 53.3 Å². The Morgan fingerprint density at radius 3 is 1.70 bits per heavy atom. The van der Waals surface area contributed by atoms with Gasteiger partial charge in [-0.05, 0) is 29.3 Å². The smallest absolute Gasteiger partial charge is 0.238 e. The van der Waals surface area contributed by atoms with Crippen LogP contribution in [0.2, 0.25) is 0 Å². The number of hydrogen-bond acceptors (Lipinski definition) is 4. The Kier molecular flexibility index (Phi) is 5.64. The highest BCUT2D eigenvalue weighted by Gasteiger charge is 2.21. The maximum atomic E-state index is 5.19. The van der Waals surface area contributed by atoms with Gasteiger partial charge in [-0.2, -0.15) is 9.97 Å². The van der Waals surface area contributed by atoms with E-state index in [0.29, 0.717) is 17.6 Å². The first kappa shape index (κ1) is 24.9. The first-order valence-electron chi connectivity index (χ1n) is 14.6. The van der Waals surface area contributed by atoms with Crippen LogP contribution in [0, 0.1) is 0 Å². The second-order valence-corrected chi connectivity index (χ2v) is 12.0. The maximum absolute atomic E-state index is 5.19. The van der Waals surface area contributed by atoms with Gasteiger partial charge in [0.1, 0.15) is 0 Å². The quantitative estimate of drug-likeness (QED) is 0.208. The second-order valence-electron chi connectivity index (χ2n) is 10.9. The zero-order valence-corrected chi connectivity index (χ0v) is 24.4. The van der Waals surface area contributed by atoms with Gasteiger partial charge in [0.2, 0.25) is 5.95 Å². The SMILES string of the molecule is c1ccc(-c2ccc3c4ccc5sc6ccccc6c5c4n(-c4nc(-c5ccccc5)nc(-c5ccccc5)n4)c3c2)cc1. The van der Waals surface area contributed by atoms with Gasteiger partial charge in [0, 0.05) is 42.1 Å². The molecule has 3 heterocycles. The molecule has 0 spiro atoms. The lowest BCUT2D eigenvalue weighted by Gasteiger charge is -2.12. The van der Waals surface area contributed by atoms with Crippen LogP contribution >= 0.6 is 11.3 Å². The Bertz CT molecular complexity index is 2420. The van der Waals surface area contributed by atoms with Crippen LogP contribution < -0.4 is 0 Å². The molecule has 0 unspecified atom stereocenters. The molecule has 0 N–H and O–H groups in total. The fourth-order valence-electron chi connectivity index (χ4n) is 6.23. The molecule has 0 saturated carbocycles. The highest BCUT2D eigenvalue weighted by atomic mass is 32.1. The first-order valence-corrected chi connectivity index (χ1v) is 15.4. The van der Waals surface area contributed by atoms with Crippen LogP contribution in [0.4, 0.5) is 0 Å². The number of fused-ring (bicyclic) bond motifs is 7. The molecule has 0 fully saturated rings. The molecule has 9 rings (SSSR count). The molecule has 0 aliphatic rings. The van der Waals surface area contributed by atoms with E-state index in [1.165, 1.54) is 36.5 Å². The van der Waals surface area contributed by atoms with Gasteiger partial charge in [-0.25, -0.2) is 4.98 Å². The lowest BCUT2D eigenvalue weighted by molar-refractivity contribution is 0.955. The monoisotopic (exact) mass is 580 g/mol. The van der Waals surface area contributed by atoms with Crippen molar-refractivity contribution in [3.05, 3.63) is 146 Å². The Balaban J connectivity index is 1.45. The number of rotatable bonds is 4. The van der Waals surface area contributed by atoms with E-state index in [2.05, 4.69) is 114 Å². The molecule has 6 aromatic carbocycles. The Morgan fingerprint density at radius 1 is 0.432 bits per heavy atom. The lowest BCUT2D eigenvalue weighted by Crippen LogP contribution is -2.06. The minimum atomic E-state index is 0.602. The van der Waals surface area contributed by atoms with Gasteiger partial charge < -0.3 is 0 Å². The molecule has 3 aromatic heterocycles. The third-order valence-corrected chi connectivity index (χ3v) is 9.40. The third kappa shape index (κ3) is 3.94. The summed E-state index contributed by atoms with van der Waals surface area (Å²) in [4.78, 5) is 15.4. The van der Waals surface area contributed by atoms with Gasteiger partial charge >= 0.3 is 0 Å². The Labute approximate surface area is 257 Å². The molecule has 9 aromatic rings. The van der Waals surface area contributed by atoms with Gasteiger partial charge in [-0.15, -0.1) is 11.3 Å². The third-order valence-electron chi connectivity index (χ3n) is 8.26. The molecule has 0 amide bonds. The summed E-state index contributed by atoms with van der Waals surface area (Å²) in [6, 6.07) is 50.8. The first-order chi connectivity index (χ1) is 21.8. The molecule has 44 heavy (non-hydrogen) atoms. The van der Waals surface area contributed by atoms with Gasteiger partial charge in [0.25, 0.3) is 0 Å². The van der Waals surface area contributed by atoms with Crippen molar-refractivity contribution in [3.63, 3.8) is 0 Å². The van der Waals surface area contributed by atoms with Crippen molar-refractivity contribution in [2.75, 3.05) is 0 Å². The van der Waals surface area contributed by atoms with E-state index < -0.39 is 0 Å². The van der Waals surface area contributed by atoms with Gasteiger partial charge in [0.05, 0.1) is 11.0 Å². The molecule has 4 nitrogen and oxygen atoms in total. The van der Waals surface area contributed by atoms with E-state index in [0.717, 1.165) is 27.7 Å². The summed E-state index contributed by atoms with van der Waals surface area (Å²) in [7, 11) is 0. The van der Waals surface area contributed by atoms with E-state index in [-0.39, 0.29) is 0 Å². The van der Waals surface area contributed by atoms with Crippen molar-refractivity contribution in [2.45, 2.75) is 0 Å². The summed E-state index contributed by atoms with van der Waals surface area (Å²) in [5.41, 5.74) is 6.39. The molecule has 5 heteroatoms. The van der Waals surface area contributed by atoms with E-state index in [4.69, 9.17) is 15.0 Å². The van der Waals surface area contributed by atoms with E-state index in [1.54, 1.807) is 0 Å². The van der Waals surface area contributed by atoms with Crippen LogP contribution in [0.3, 0.4) is 0 Å². The van der Waals surface area contributed by atoms with Crippen LogP contribution in [0.1, 0.15) is 0 Å². The predicted molar refractivity (Wildman–Crippen MR) is 183 cm³/mol. The Morgan fingerprint density at radius 2 is 1.02 bits per heavy atom. The largest absolute Gasteiger partial charge is 0.277 e. The predicted octanol–water partition coefficient (Wildman–Crippen LogP) is 10.3. The van der Waals surface area contributed by atoms with Crippen LogP contribution in [0.5, 0.6) is 0 Å². The fraction of sp³-hybridized carbons (Fsp3) is 0. The summed E-state index contributed by atoms with van der Waals surface area (Å²) >= 11 is 1.82. The fourth-order valence-corrected chi connectivity index (χ4v) is 7.34. The molecule has 0 bridgehead atoms. The Hall–Kier alpha value is -5.65. The number of benzene rings is 6. The minimum absolute atomic E-state index is 0.602. The summed E-state index contributed by atoms with van der Waals surface area (Å²) in [5.74, 6) is 1.89. The zero-order chi connectivity index (χ0) is 29.0. The summed E-state index contributed by atoms with van der Waals surface area (Å²) in [5, 5.41) is 4.81. The molecule has 0 aliphatic carbocycles. The summed E-state index contributed by atoms with van der Waals surface area (Å²) in [6.07, 6.45) is 0. The topological polar surface area (TPSA) is 43.6 Å². The van der Waals surface area contributed by atoms with Crippen molar-refractivity contribution in [1.29, 1.82) is 0 Å². The molecule has 0 aliphatic heterocycles. The van der Waals surface area contributed by atoms with Crippen molar-refractivity contribution in [1.82, 2.24) is 19.5 Å². The van der Waals surface area contributed by atoms with Gasteiger partial charge in [-0.1, -0.05) is 127 Å². The summed E-state index contributed by atoms with van der Waals surface area (Å²) in [6.45, 7) is 0. The average Bonchev–Trinajstić information content (AvgIpc) is 3.64. The van der Waals surface area contributed by atoms with Crippen LogP contribution in [0.25, 0.3) is 81.8 Å². The lowest BCUT2D eigenvalue weighted by atomic mass is 10.0. The number of thiophene rings is 1. The molecular formula is C39H24N4S. The zero-order valence-electron chi connectivity index (χ0n) is 23.6. The van der Waals surface area contributed by atoms with E-state index >= 15 is 0 Å². The molecule has 206 valence electrons. The molecule has 0 radical (unpaired) electrons. The highest BCUT2D eigenvalue weighted by Crippen LogP contribution is 2.43. The molecular weight excluding hydrogens is 557 g/mol. The van der Waals surface area contributed by atoms with Crippen LogP contribution in [-0.2, 0) is 0 Å². The van der Waals surface area contributed by atoms with E-state index in [9.17, 15) is 0 Å². The van der Waals surface area contributed by atoms with Gasteiger partial charge in [-0.3, -0.25) is 4.57 Å². The van der Waals surface area contributed by atoms with Crippen LogP contribution in [-0.4, -0.2) is 19.5 Å². The number of nitrogens with zero attached hydrogens (tertiary/aromatic N) is 4. The molecule has 0 atom stereocenters. The standard InChI is InChI=1S/C39H24N4S/c1-4-12-25(13-5-1)28-20-21-29-30-22-23-34-35(31-18-10-11-19-33(31)44-34)36(30)43(32(29)24-28)39-41-37(26-14-6-2-7-15-26)40-38(42-39)27-16-8-3-9-17-27/h1-24H. The number of hydrogen-bond donors (Lipinski definition) is 0. The highest BCUT2D eigenvalue weighted by molar-refractivity contribution is 7.26. The second kappa shape index (κ2) is 9.97.